The van der Waals surface area contributed by atoms with E-state index in [1.807, 2.05) is 13.0 Å². The fourth-order valence-electron chi connectivity index (χ4n) is 1.95. The van der Waals surface area contributed by atoms with Gasteiger partial charge in [-0.15, -0.1) is 0 Å². The number of nitrogens with zero attached hydrogens (tertiary/aromatic N) is 1. The molecule has 98 valence electrons. The smallest absolute Gasteiger partial charge is 0.256 e. The highest BCUT2D eigenvalue weighted by Crippen LogP contribution is 2.19. The Labute approximate surface area is 107 Å². The summed E-state index contributed by atoms with van der Waals surface area (Å²) in [5.74, 6) is -0.124. The molecule has 0 bridgehead atoms. The number of hydrogen-bond acceptors (Lipinski definition) is 4. The third-order valence-corrected chi connectivity index (χ3v) is 4.80. The zero-order valence-corrected chi connectivity index (χ0v) is 11.0. The number of hydrogen-bond donors (Lipinski definition) is 1. The molecule has 1 aliphatic rings. The molecule has 1 aromatic rings. The number of amides is 1. The van der Waals surface area contributed by atoms with Gasteiger partial charge in [0.05, 0.1) is 17.1 Å². The van der Waals surface area contributed by atoms with Crippen LogP contribution in [0.5, 0.6) is 0 Å². The average molecular weight is 268 g/mol. The van der Waals surface area contributed by atoms with Crippen molar-refractivity contribution in [2.24, 2.45) is 0 Å². The molecule has 1 fully saturated rings. The van der Waals surface area contributed by atoms with Gasteiger partial charge in [0.25, 0.3) is 5.91 Å². The van der Waals surface area contributed by atoms with Crippen molar-refractivity contribution < 1.29 is 13.2 Å². The molecule has 2 rings (SSSR count). The lowest BCUT2D eigenvalue weighted by Gasteiger charge is -2.27. The van der Waals surface area contributed by atoms with E-state index in [9.17, 15) is 13.2 Å². The number of nitrogen functional groups attached to an aromatic ring is 1. The van der Waals surface area contributed by atoms with E-state index in [0.717, 1.165) is 5.56 Å². The minimum Gasteiger partial charge on any atom is -0.398 e. The molecule has 2 N–H and O–H groups in total. The van der Waals surface area contributed by atoms with Gasteiger partial charge in [-0.2, -0.15) is 0 Å². The summed E-state index contributed by atoms with van der Waals surface area (Å²) in [7, 11) is -2.97. The second-order valence-electron chi connectivity index (χ2n) is 4.48. The Morgan fingerprint density at radius 3 is 2.50 bits per heavy atom. The first-order chi connectivity index (χ1) is 8.41. The zero-order chi connectivity index (χ0) is 13.3. The minimum atomic E-state index is -2.97. The standard InChI is InChI=1S/C12H16N2O3S/c1-9-3-2-4-10(11(9)13)12(15)14-5-7-18(16,17)8-6-14/h2-4H,5-8,13H2,1H3. The number of anilines is 1. The van der Waals surface area contributed by atoms with E-state index in [1.54, 1.807) is 17.0 Å². The van der Waals surface area contributed by atoms with Crippen LogP contribution in [0, 0.1) is 6.92 Å². The monoisotopic (exact) mass is 268 g/mol. The van der Waals surface area contributed by atoms with Crippen LogP contribution in [0.3, 0.4) is 0 Å². The number of rotatable bonds is 1. The molecule has 1 heterocycles. The van der Waals surface area contributed by atoms with Gasteiger partial charge in [0, 0.05) is 18.8 Å². The summed E-state index contributed by atoms with van der Waals surface area (Å²) in [5, 5.41) is 0. The maximum atomic E-state index is 12.2. The molecule has 1 aromatic carbocycles. The van der Waals surface area contributed by atoms with Crippen LogP contribution in [0.4, 0.5) is 5.69 Å². The molecule has 0 atom stereocenters. The first-order valence-corrected chi connectivity index (χ1v) is 7.57. The number of carbonyl (C=O) groups excluding carboxylic acids is 1. The maximum Gasteiger partial charge on any atom is 0.256 e. The van der Waals surface area contributed by atoms with Crippen molar-refractivity contribution >= 4 is 21.4 Å². The molecule has 1 aliphatic heterocycles. The summed E-state index contributed by atoms with van der Waals surface area (Å²) in [6.07, 6.45) is 0. The maximum absolute atomic E-state index is 12.2. The Kier molecular flexibility index (Phi) is 3.30. The first-order valence-electron chi connectivity index (χ1n) is 5.75. The van der Waals surface area contributed by atoms with E-state index < -0.39 is 9.84 Å². The number of carbonyl (C=O) groups is 1. The van der Waals surface area contributed by atoms with Crippen molar-refractivity contribution in [1.29, 1.82) is 0 Å². The number of aryl methyl sites for hydroxylation is 1. The Morgan fingerprint density at radius 2 is 1.89 bits per heavy atom. The van der Waals surface area contributed by atoms with Crippen LogP contribution < -0.4 is 5.73 Å². The molecule has 6 heteroatoms. The molecule has 0 unspecified atom stereocenters. The Bertz CT molecular complexity index is 567. The van der Waals surface area contributed by atoms with Crippen molar-refractivity contribution in [3.8, 4) is 0 Å². The van der Waals surface area contributed by atoms with Gasteiger partial charge < -0.3 is 10.6 Å². The van der Waals surface area contributed by atoms with Gasteiger partial charge in [0.1, 0.15) is 0 Å². The summed E-state index contributed by atoms with van der Waals surface area (Å²) in [6.45, 7) is 2.33. The summed E-state index contributed by atoms with van der Waals surface area (Å²) in [5.41, 5.74) is 7.65. The highest BCUT2D eigenvalue weighted by Gasteiger charge is 2.26. The highest BCUT2D eigenvalue weighted by molar-refractivity contribution is 7.91. The van der Waals surface area contributed by atoms with E-state index >= 15 is 0 Å². The van der Waals surface area contributed by atoms with Gasteiger partial charge in [-0.05, 0) is 18.6 Å². The summed E-state index contributed by atoms with van der Waals surface area (Å²) < 4.78 is 22.6. The van der Waals surface area contributed by atoms with Gasteiger partial charge in [-0.1, -0.05) is 12.1 Å². The normalized spacial score (nSPS) is 18.6. The second-order valence-corrected chi connectivity index (χ2v) is 6.78. The summed E-state index contributed by atoms with van der Waals surface area (Å²) in [4.78, 5) is 13.8. The largest absolute Gasteiger partial charge is 0.398 e. The molecule has 1 amide bonds. The molecule has 18 heavy (non-hydrogen) atoms. The van der Waals surface area contributed by atoms with Crippen molar-refractivity contribution in [3.05, 3.63) is 29.3 Å². The van der Waals surface area contributed by atoms with Crippen LogP contribution in [0.1, 0.15) is 15.9 Å². The van der Waals surface area contributed by atoms with Crippen LogP contribution >= 0.6 is 0 Å². The Balaban J connectivity index is 2.20. The minimum absolute atomic E-state index is 0.0322. The lowest BCUT2D eigenvalue weighted by atomic mass is 10.1. The predicted octanol–water partition coefficient (Wildman–Crippen LogP) is 0.448. The molecule has 1 saturated heterocycles. The van der Waals surface area contributed by atoms with Crippen molar-refractivity contribution in [3.63, 3.8) is 0 Å². The van der Waals surface area contributed by atoms with Crippen LogP contribution in [-0.4, -0.2) is 43.8 Å². The number of benzene rings is 1. The Morgan fingerprint density at radius 1 is 1.28 bits per heavy atom. The quantitative estimate of drug-likeness (QED) is 0.750. The lowest BCUT2D eigenvalue weighted by Crippen LogP contribution is -2.43. The summed E-state index contributed by atoms with van der Waals surface area (Å²) >= 11 is 0. The number of nitrogens with two attached hydrogens (primary N) is 1. The predicted molar refractivity (Wildman–Crippen MR) is 70.1 cm³/mol. The van der Waals surface area contributed by atoms with Gasteiger partial charge in [-0.3, -0.25) is 4.79 Å². The molecule has 0 radical (unpaired) electrons. The highest BCUT2D eigenvalue weighted by atomic mass is 32.2. The van der Waals surface area contributed by atoms with Crippen molar-refractivity contribution in [2.75, 3.05) is 30.3 Å². The molecular formula is C12H16N2O3S. The van der Waals surface area contributed by atoms with E-state index in [-0.39, 0.29) is 30.5 Å². The Hall–Kier alpha value is -1.56. The van der Waals surface area contributed by atoms with Gasteiger partial charge in [0.15, 0.2) is 9.84 Å². The zero-order valence-electron chi connectivity index (χ0n) is 10.2. The van der Waals surface area contributed by atoms with Crippen LogP contribution in [0.2, 0.25) is 0 Å². The second kappa shape index (κ2) is 4.61. The lowest BCUT2D eigenvalue weighted by molar-refractivity contribution is 0.0771. The summed E-state index contributed by atoms with van der Waals surface area (Å²) in [6, 6.07) is 5.29. The fourth-order valence-corrected chi connectivity index (χ4v) is 3.15. The van der Waals surface area contributed by atoms with E-state index in [4.69, 9.17) is 5.73 Å². The first kappa shape index (κ1) is 12.9. The van der Waals surface area contributed by atoms with Crippen LogP contribution in [-0.2, 0) is 9.84 Å². The third-order valence-electron chi connectivity index (χ3n) is 3.19. The van der Waals surface area contributed by atoms with Crippen molar-refractivity contribution in [2.45, 2.75) is 6.92 Å². The van der Waals surface area contributed by atoms with Gasteiger partial charge >= 0.3 is 0 Å². The third kappa shape index (κ3) is 2.48. The molecule has 5 nitrogen and oxygen atoms in total. The van der Waals surface area contributed by atoms with Gasteiger partial charge in [0.2, 0.25) is 0 Å². The molecule has 0 spiro atoms. The number of sulfone groups is 1. The van der Waals surface area contributed by atoms with Crippen LogP contribution in [0.25, 0.3) is 0 Å². The molecule has 0 aromatic heterocycles. The molecular weight excluding hydrogens is 252 g/mol. The topological polar surface area (TPSA) is 80.5 Å². The van der Waals surface area contributed by atoms with Crippen LogP contribution in [0.15, 0.2) is 18.2 Å². The van der Waals surface area contributed by atoms with E-state index in [1.165, 1.54) is 0 Å². The van der Waals surface area contributed by atoms with Gasteiger partial charge in [-0.25, -0.2) is 8.42 Å². The fraction of sp³-hybridized carbons (Fsp3) is 0.417. The molecule has 0 saturated carbocycles. The number of para-hydroxylation sites is 1. The SMILES string of the molecule is Cc1cccc(C(=O)N2CCS(=O)(=O)CC2)c1N. The van der Waals surface area contributed by atoms with E-state index in [0.29, 0.717) is 11.3 Å². The molecule has 0 aliphatic carbocycles. The van der Waals surface area contributed by atoms with Crippen molar-refractivity contribution in [1.82, 2.24) is 4.90 Å². The van der Waals surface area contributed by atoms with E-state index in [2.05, 4.69) is 0 Å². The average Bonchev–Trinajstić information content (AvgIpc) is 2.32.